The lowest BCUT2D eigenvalue weighted by molar-refractivity contribution is -0.115. The van der Waals surface area contributed by atoms with Gasteiger partial charge >= 0.3 is 0 Å². The van der Waals surface area contributed by atoms with Crippen LogP contribution in [0.25, 0.3) is 11.4 Å². The van der Waals surface area contributed by atoms with Gasteiger partial charge in [0.05, 0.1) is 12.4 Å². The predicted molar refractivity (Wildman–Crippen MR) is 108 cm³/mol. The van der Waals surface area contributed by atoms with Gasteiger partial charge in [0.15, 0.2) is 16.1 Å². The van der Waals surface area contributed by atoms with Crippen LogP contribution in [0.4, 0.5) is 5.13 Å². The smallest absolute Gasteiger partial charge is 0.239 e. The van der Waals surface area contributed by atoms with Gasteiger partial charge in [0, 0.05) is 23.7 Å². The number of thiazole rings is 1. The van der Waals surface area contributed by atoms with Crippen molar-refractivity contribution in [2.45, 2.75) is 23.9 Å². The first-order valence-electron chi connectivity index (χ1n) is 8.18. The van der Waals surface area contributed by atoms with Crippen LogP contribution >= 0.6 is 23.1 Å². The van der Waals surface area contributed by atoms with E-state index in [1.807, 2.05) is 41.1 Å². The Bertz CT molecular complexity index is 924. The summed E-state index contributed by atoms with van der Waals surface area (Å²) >= 11 is 2.72. The molecule has 2 aromatic heterocycles. The summed E-state index contributed by atoms with van der Waals surface area (Å²) in [5.74, 6) is 1.31. The van der Waals surface area contributed by atoms with Gasteiger partial charge in [-0.15, -0.1) is 28.1 Å². The van der Waals surface area contributed by atoms with Crippen LogP contribution in [0.5, 0.6) is 5.75 Å². The first kappa shape index (κ1) is 19.1. The van der Waals surface area contributed by atoms with Crippen molar-refractivity contribution >= 4 is 34.1 Å². The molecule has 7 nitrogen and oxygen atoms in total. The molecule has 1 atom stereocenters. The third-order valence-corrected chi connectivity index (χ3v) is 5.44. The van der Waals surface area contributed by atoms with Crippen molar-refractivity contribution in [1.82, 2.24) is 19.7 Å². The van der Waals surface area contributed by atoms with Crippen LogP contribution in [0.15, 0.2) is 53.7 Å². The van der Waals surface area contributed by atoms with Gasteiger partial charge in [0.25, 0.3) is 0 Å². The zero-order valence-corrected chi connectivity index (χ0v) is 16.6. The molecule has 0 aliphatic carbocycles. The van der Waals surface area contributed by atoms with Crippen molar-refractivity contribution in [3.8, 4) is 17.1 Å². The quantitative estimate of drug-likeness (QED) is 0.458. The molecule has 9 heteroatoms. The van der Waals surface area contributed by atoms with E-state index in [1.165, 1.54) is 23.1 Å². The lowest BCUT2D eigenvalue weighted by Crippen LogP contribution is -2.22. The minimum Gasteiger partial charge on any atom is -0.497 e. The van der Waals surface area contributed by atoms with E-state index in [9.17, 15) is 4.79 Å². The first-order valence-corrected chi connectivity index (χ1v) is 9.94. The van der Waals surface area contributed by atoms with Crippen LogP contribution in [0.3, 0.4) is 0 Å². The maximum Gasteiger partial charge on any atom is 0.239 e. The SMILES string of the molecule is C=CCn1c(SC(C)C(=O)Nc2nccs2)nnc1-c1cccc(OC)c1. The number of carbonyl (C=O) groups is 1. The zero-order valence-electron chi connectivity index (χ0n) is 15.0. The molecular formula is C18H19N5O2S2. The van der Waals surface area contributed by atoms with E-state index in [1.54, 1.807) is 19.4 Å². The maximum atomic E-state index is 12.4. The normalized spacial score (nSPS) is 11.8. The highest BCUT2D eigenvalue weighted by atomic mass is 32.2. The number of ether oxygens (including phenoxy) is 1. The number of rotatable bonds is 8. The third-order valence-electron chi connectivity index (χ3n) is 3.67. The average molecular weight is 402 g/mol. The van der Waals surface area contributed by atoms with Gasteiger partial charge in [-0.1, -0.05) is 30.0 Å². The third kappa shape index (κ3) is 4.55. The molecule has 3 aromatic rings. The van der Waals surface area contributed by atoms with E-state index in [-0.39, 0.29) is 11.2 Å². The van der Waals surface area contributed by atoms with E-state index in [0.29, 0.717) is 22.7 Å². The van der Waals surface area contributed by atoms with Gasteiger partial charge in [0.2, 0.25) is 5.91 Å². The maximum absolute atomic E-state index is 12.4. The van der Waals surface area contributed by atoms with Crippen LogP contribution in [-0.4, -0.2) is 38.0 Å². The number of allylic oxidation sites excluding steroid dienone is 1. The van der Waals surface area contributed by atoms with Crippen molar-refractivity contribution in [3.63, 3.8) is 0 Å². The van der Waals surface area contributed by atoms with E-state index in [2.05, 4.69) is 27.1 Å². The van der Waals surface area contributed by atoms with Crippen LogP contribution < -0.4 is 10.1 Å². The predicted octanol–water partition coefficient (Wildman–Crippen LogP) is 3.72. The lowest BCUT2D eigenvalue weighted by Gasteiger charge is -2.12. The number of amides is 1. The highest BCUT2D eigenvalue weighted by molar-refractivity contribution is 8.00. The van der Waals surface area contributed by atoms with Crippen LogP contribution in [-0.2, 0) is 11.3 Å². The fraction of sp³-hybridized carbons (Fsp3) is 0.222. The van der Waals surface area contributed by atoms with Crippen molar-refractivity contribution in [1.29, 1.82) is 0 Å². The molecule has 0 radical (unpaired) electrons. The Labute approximate surface area is 165 Å². The van der Waals surface area contributed by atoms with E-state index >= 15 is 0 Å². The Morgan fingerprint density at radius 2 is 2.33 bits per heavy atom. The average Bonchev–Trinajstić information content (AvgIpc) is 3.32. The van der Waals surface area contributed by atoms with E-state index < -0.39 is 0 Å². The molecule has 3 rings (SSSR count). The molecule has 0 saturated carbocycles. The molecule has 0 bridgehead atoms. The summed E-state index contributed by atoms with van der Waals surface area (Å²) in [6.45, 7) is 6.17. The van der Waals surface area contributed by atoms with E-state index in [0.717, 1.165) is 11.3 Å². The molecule has 0 fully saturated rings. The van der Waals surface area contributed by atoms with Gasteiger partial charge in [-0.25, -0.2) is 4.98 Å². The molecule has 1 unspecified atom stereocenters. The molecule has 0 aliphatic rings. The lowest BCUT2D eigenvalue weighted by atomic mass is 10.2. The molecule has 2 heterocycles. The number of carbonyl (C=O) groups excluding carboxylic acids is 1. The fourth-order valence-corrected chi connectivity index (χ4v) is 3.74. The molecule has 1 aromatic carbocycles. The number of anilines is 1. The molecule has 0 spiro atoms. The summed E-state index contributed by atoms with van der Waals surface area (Å²) < 4.78 is 7.22. The molecule has 1 N–H and O–H groups in total. The number of benzene rings is 1. The number of nitrogens with zero attached hydrogens (tertiary/aromatic N) is 4. The Morgan fingerprint density at radius 1 is 1.48 bits per heavy atom. The summed E-state index contributed by atoms with van der Waals surface area (Å²) in [6, 6.07) is 7.62. The molecule has 27 heavy (non-hydrogen) atoms. The number of hydrogen-bond acceptors (Lipinski definition) is 7. The van der Waals surface area contributed by atoms with Gasteiger partial charge in [-0.05, 0) is 19.1 Å². The number of hydrogen-bond donors (Lipinski definition) is 1. The zero-order chi connectivity index (χ0) is 19.2. The van der Waals surface area contributed by atoms with Crippen molar-refractivity contribution < 1.29 is 9.53 Å². The van der Waals surface area contributed by atoms with Gasteiger partial charge in [-0.2, -0.15) is 0 Å². The minimum atomic E-state index is -0.361. The largest absolute Gasteiger partial charge is 0.497 e. The van der Waals surface area contributed by atoms with Crippen LogP contribution in [0.2, 0.25) is 0 Å². The summed E-state index contributed by atoms with van der Waals surface area (Å²) in [7, 11) is 1.62. The molecule has 0 aliphatic heterocycles. The van der Waals surface area contributed by atoms with Crippen LogP contribution in [0.1, 0.15) is 6.92 Å². The Hall–Kier alpha value is -2.65. The second-order valence-electron chi connectivity index (χ2n) is 5.52. The van der Waals surface area contributed by atoms with Crippen molar-refractivity contribution in [3.05, 3.63) is 48.5 Å². The van der Waals surface area contributed by atoms with Gasteiger partial charge < -0.3 is 10.1 Å². The second-order valence-corrected chi connectivity index (χ2v) is 7.73. The topological polar surface area (TPSA) is 81.9 Å². The number of methoxy groups -OCH3 is 1. The number of thioether (sulfide) groups is 1. The molecular weight excluding hydrogens is 382 g/mol. The number of nitrogens with one attached hydrogen (secondary N) is 1. The Balaban J connectivity index is 1.82. The first-order chi connectivity index (χ1) is 13.1. The fourth-order valence-electron chi connectivity index (χ4n) is 2.35. The van der Waals surface area contributed by atoms with Crippen molar-refractivity contribution in [2.75, 3.05) is 12.4 Å². The Kier molecular flexibility index (Phi) is 6.25. The standard InChI is InChI=1S/C18H19N5O2S2/c1-4-9-23-15(13-6-5-7-14(11-13)25-3)21-22-18(23)27-12(2)16(24)20-17-19-8-10-26-17/h4-8,10-12H,1,9H2,2-3H3,(H,19,20,24). The Morgan fingerprint density at radius 3 is 3.04 bits per heavy atom. The summed E-state index contributed by atoms with van der Waals surface area (Å²) in [5, 5.41) is 14.1. The monoisotopic (exact) mass is 401 g/mol. The summed E-state index contributed by atoms with van der Waals surface area (Å²) in [6.07, 6.45) is 3.43. The van der Waals surface area contributed by atoms with Gasteiger partial charge in [0.1, 0.15) is 5.75 Å². The minimum absolute atomic E-state index is 0.133. The molecule has 1 amide bonds. The summed E-state index contributed by atoms with van der Waals surface area (Å²) in [5.41, 5.74) is 0.885. The van der Waals surface area contributed by atoms with Gasteiger partial charge in [-0.3, -0.25) is 9.36 Å². The highest BCUT2D eigenvalue weighted by Gasteiger charge is 2.21. The highest BCUT2D eigenvalue weighted by Crippen LogP contribution is 2.29. The molecule has 140 valence electrons. The number of aromatic nitrogens is 4. The van der Waals surface area contributed by atoms with E-state index in [4.69, 9.17) is 4.74 Å². The summed E-state index contributed by atoms with van der Waals surface area (Å²) in [4.78, 5) is 16.5. The molecule has 0 saturated heterocycles. The second kappa shape index (κ2) is 8.83. The van der Waals surface area contributed by atoms with Crippen molar-refractivity contribution in [2.24, 2.45) is 0 Å². The van der Waals surface area contributed by atoms with Crippen LogP contribution in [0, 0.1) is 0 Å².